The van der Waals surface area contributed by atoms with Gasteiger partial charge in [-0.15, -0.1) is 0 Å². The summed E-state index contributed by atoms with van der Waals surface area (Å²) in [6.07, 6.45) is 4.77. The van der Waals surface area contributed by atoms with Gasteiger partial charge in [-0.1, -0.05) is 40.9 Å². The Kier molecular flexibility index (Phi) is 3.79. The summed E-state index contributed by atoms with van der Waals surface area (Å²) in [7, 11) is 1.93. The van der Waals surface area contributed by atoms with Gasteiger partial charge in [-0.2, -0.15) is 0 Å². The molecule has 0 N–H and O–H groups in total. The van der Waals surface area contributed by atoms with Crippen molar-refractivity contribution in [1.29, 1.82) is 0 Å². The average molecular weight is 332 g/mol. The van der Waals surface area contributed by atoms with Crippen LogP contribution >= 0.6 is 15.9 Å². The molecule has 3 heteroatoms. The number of hydrogen-bond acceptors (Lipinski definition) is 1. The predicted molar refractivity (Wildman–Crippen MR) is 86.0 cm³/mol. The molecule has 1 fully saturated rings. The lowest BCUT2D eigenvalue weighted by molar-refractivity contribution is 0.0735. The zero-order valence-corrected chi connectivity index (χ0v) is 13.2. The van der Waals surface area contributed by atoms with Crippen molar-refractivity contribution in [2.45, 2.75) is 31.7 Å². The zero-order valence-electron chi connectivity index (χ0n) is 11.6. The Morgan fingerprint density at radius 2 is 1.75 bits per heavy atom. The summed E-state index contributed by atoms with van der Waals surface area (Å²) >= 11 is 3.47. The average Bonchev–Trinajstić information content (AvgIpc) is 2.99. The third-order valence-electron chi connectivity index (χ3n) is 4.24. The van der Waals surface area contributed by atoms with E-state index in [0.29, 0.717) is 6.04 Å². The van der Waals surface area contributed by atoms with Gasteiger partial charge in [0.05, 0.1) is 0 Å². The fraction of sp³-hybridized carbons (Fsp3) is 0.353. The molecule has 1 aliphatic rings. The van der Waals surface area contributed by atoms with Crippen LogP contribution in [-0.2, 0) is 0 Å². The fourth-order valence-electron chi connectivity index (χ4n) is 3.01. The molecule has 0 saturated heterocycles. The van der Waals surface area contributed by atoms with Crippen LogP contribution in [0, 0.1) is 0 Å². The fourth-order valence-corrected chi connectivity index (χ4v) is 3.39. The smallest absolute Gasteiger partial charge is 0.253 e. The molecule has 0 heterocycles. The van der Waals surface area contributed by atoms with E-state index in [1.54, 1.807) is 0 Å². The Morgan fingerprint density at radius 3 is 2.50 bits per heavy atom. The van der Waals surface area contributed by atoms with Gasteiger partial charge in [0.15, 0.2) is 0 Å². The van der Waals surface area contributed by atoms with E-state index < -0.39 is 0 Å². The lowest BCUT2D eigenvalue weighted by Gasteiger charge is -2.24. The Hall–Kier alpha value is -1.35. The summed E-state index contributed by atoms with van der Waals surface area (Å²) in [4.78, 5) is 14.5. The maximum Gasteiger partial charge on any atom is 0.253 e. The van der Waals surface area contributed by atoms with Gasteiger partial charge in [-0.3, -0.25) is 4.79 Å². The van der Waals surface area contributed by atoms with Gasteiger partial charge in [-0.05, 0) is 47.9 Å². The molecule has 0 spiro atoms. The molecule has 0 radical (unpaired) electrons. The van der Waals surface area contributed by atoms with Gasteiger partial charge in [-0.25, -0.2) is 0 Å². The first-order valence-electron chi connectivity index (χ1n) is 7.11. The van der Waals surface area contributed by atoms with Gasteiger partial charge in [0.1, 0.15) is 0 Å². The molecule has 2 aromatic carbocycles. The Bertz CT molecular complexity index is 646. The van der Waals surface area contributed by atoms with Crippen LogP contribution in [0.2, 0.25) is 0 Å². The molecule has 104 valence electrons. The molecule has 1 aliphatic carbocycles. The highest BCUT2D eigenvalue weighted by atomic mass is 79.9. The lowest BCUT2D eigenvalue weighted by Crippen LogP contribution is -2.35. The minimum atomic E-state index is 0.140. The Balaban J connectivity index is 1.89. The van der Waals surface area contributed by atoms with Crippen molar-refractivity contribution in [1.82, 2.24) is 4.90 Å². The van der Waals surface area contributed by atoms with Crippen LogP contribution in [0.5, 0.6) is 0 Å². The highest BCUT2D eigenvalue weighted by molar-refractivity contribution is 9.10. The van der Waals surface area contributed by atoms with E-state index >= 15 is 0 Å². The molecule has 0 aromatic heterocycles. The molecule has 3 rings (SSSR count). The first kappa shape index (κ1) is 13.6. The van der Waals surface area contributed by atoms with Crippen molar-refractivity contribution in [2.24, 2.45) is 0 Å². The Morgan fingerprint density at radius 1 is 1.10 bits per heavy atom. The second-order valence-corrected chi connectivity index (χ2v) is 6.48. The van der Waals surface area contributed by atoms with E-state index in [-0.39, 0.29) is 5.91 Å². The van der Waals surface area contributed by atoms with Crippen LogP contribution in [0.25, 0.3) is 10.8 Å². The minimum Gasteiger partial charge on any atom is -0.339 e. The molecule has 0 aliphatic heterocycles. The number of fused-ring (bicyclic) bond motifs is 1. The molecule has 2 aromatic rings. The van der Waals surface area contributed by atoms with Crippen LogP contribution in [0.1, 0.15) is 36.0 Å². The number of nitrogens with zero attached hydrogens (tertiary/aromatic N) is 1. The minimum absolute atomic E-state index is 0.140. The number of hydrogen-bond donors (Lipinski definition) is 0. The van der Waals surface area contributed by atoms with Crippen LogP contribution < -0.4 is 0 Å². The van der Waals surface area contributed by atoms with Crippen LogP contribution in [0.4, 0.5) is 0 Å². The summed E-state index contributed by atoms with van der Waals surface area (Å²) < 4.78 is 1.06. The van der Waals surface area contributed by atoms with Crippen LogP contribution in [0.3, 0.4) is 0 Å². The number of rotatable bonds is 2. The van der Waals surface area contributed by atoms with E-state index in [4.69, 9.17) is 0 Å². The largest absolute Gasteiger partial charge is 0.339 e. The molecule has 0 bridgehead atoms. The van der Waals surface area contributed by atoms with Crippen LogP contribution in [-0.4, -0.2) is 23.9 Å². The molecule has 0 atom stereocenters. The summed E-state index contributed by atoms with van der Waals surface area (Å²) in [5.74, 6) is 0.140. The number of carbonyl (C=O) groups is 1. The zero-order chi connectivity index (χ0) is 14.1. The first-order chi connectivity index (χ1) is 9.65. The maximum absolute atomic E-state index is 12.6. The molecule has 20 heavy (non-hydrogen) atoms. The molecule has 0 unspecified atom stereocenters. The highest BCUT2D eigenvalue weighted by Gasteiger charge is 2.24. The third-order valence-corrected chi connectivity index (χ3v) is 4.74. The molecule has 1 saturated carbocycles. The van der Waals surface area contributed by atoms with Crippen molar-refractivity contribution in [2.75, 3.05) is 7.05 Å². The predicted octanol–water partition coefficient (Wildman–Crippen LogP) is 4.62. The molecule has 2 nitrogen and oxygen atoms in total. The summed E-state index contributed by atoms with van der Waals surface area (Å²) in [6.45, 7) is 0. The highest BCUT2D eigenvalue weighted by Crippen LogP contribution is 2.25. The van der Waals surface area contributed by atoms with Gasteiger partial charge in [0, 0.05) is 23.1 Å². The molecular weight excluding hydrogens is 314 g/mol. The van der Waals surface area contributed by atoms with E-state index in [9.17, 15) is 4.79 Å². The molecular formula is C17H18BrNO. The second-order valence-electron chi connectivity index (χ2n) is 5.56. The summed E-state index contributed by atoms with van der Waals surface area (Å²) in [5, 5.41) is 2.26. The van der Waals surface area contributed by atoms with Gasteiger partial charge in [0.2, 0.25) is 0 Å². The number of benzene rings is 2. The van der Waals surface area contributed by atoms with E-state index in [1.165, 1.54) is 12.8 Å². The topological polar surface area (TPSA) is 20.3 Å². The normalized spacial score (nSPS) is 15.7. The van der Waals surface area contributed by atoms with Crippen LogP contribution in [0.15, 0.2) is 40.9 Å². The van der Waals surface area contributed by atoms with E-state index in [0.717, 1.165) is 33.7 Å². The summed E-state index contributed by atoms with van der Waals surface area (Å²) in [6, 6.07) is 12.5. The summed E-state index contributed by atoms with van der Waals surface area (Å²) in [5.41, 5.74) is 0.786. The maximum atomic E-state index is 12.6. The standard InChI is InChI=1S/C17H18BrNO/c1-19(16-4-2-3-5-16)17(20)14-7-6-13-11-15(18)9-8-12(13)10-14/h6-11,16H,2-5H2,1H3. The quantitative estimate of drug-likeness (QED) is 0.786. The third kappa shape index (κ3) is 2.59. The Labute approximate surface area is 127 Å². The number of amides is 1. The number of carbonyl (C=O) groups excluding carboxylic acids is 1. The van der Waals surface area contributed by atoms with Crippen molar-refractivity contribution in [3.05, 3.63) is 46.4 Å². The monoisotopic (exact) mass is 331 g/mol. The second kappa shape index (κ2) is 5.57. The lowest BCUT2D eigenvalue weighted by atomic mass is 10.1. The van der Waals surface area contributed by atoms with E-state index in [1.807, 2.05) is 42.3 Å². The number of halogens is 1. The van der Waals surface area contributed by atoms with Crippen molar-refractivity contribution in [3.8, 4) is 0 Å². The molecule has 1 amide bonds. The SMILES string of the molecule is CN(C(=O)c1ccc2cc(Br)ccc2c1)C1CCCC1. The van der Waals surface area contributed by atoms with E-state index in [2.05, 4.69) is 22.0 Å². The van der Waals surface area contributed by atoms with Crippen molar-refractivity contribution in [3.63, 3.8) is 0 Å². The first-order valence-corrected chi connectivity index (χ1v) is 7.91. The van der Waals surface area contributed by atoms with Crippen molar-refractivity contribution >= 4 is 32.6 Å². The van der Waals surface area contributed by atoms with Gasteiger partial charge < -0.3 is 4.90 Å². The van der Waals surface area contributed by atoms with Gasteiger partial charge in [0.25, 0.3) is 5.91 Å². The van der Waals surface area contributed by atoms with Crippen molar-refractivity contribution < 1.29 is 4.79 Å². The van der Waals surface area contributed by atoms with Gasteiger partial charge >= 0.3 is 0 Å².